The summed E-state index contributed by atoms with van der Waals surface area (Å²) in [5, 5.41) is 8.80. The van der Waals surface area contributed by atoms with Crippen LogP contribution in [0.1, 0.15) is 12.0 Å². The smallest absolute Gasteiger partial charge is 0.305 e. The van der Waals surface area contributed by atoms with Gasteiger partial charge in [0.05, 0.1) is 13.0 Å². The molecule has 0 saturated heterocycles. The van der Waals surface area contributed by atoms with Crippen LogP contribution in [0.15, 0.2) is 24.3 Å². The molecule has 0 heterocycles. The van der Waals surface area contributed by atoms with Crippen molar-refractivity contribution in [2.24, 2.45) is 0 Å². The lowest BCUT2D eigenvalue weighted by Gasteiger charge is -2.26. The third-order valence-electron chi connectivity index (χ3n) is 2.88. The summed E-state index contributed by atoms with van der Waals surface area (Å²) in [6.07, 6.45) is 0.00897. The van der Waals surface area contributed by atoms with Crippen LogP contribution in [0.25, 0.3) is 0 Å². The number of para-hydroxylation sites is 1. The summed E-state index contributed by atoms with van der Waals surface area (Å²) < 4.78 is 0. The summed E-state index contributed by atoms with van der Waals surface area (Å²) in [6, 6.07) is 7.65. The molecular formula is C14H20N2O3. The quantitative estimate of drug-likeness (QED) is 0.843. The van der Waals surface area contributed by atoms with Crippen molar-refractivity contribution in [1.29, 1.82) is 0 Å². The van der Waals surface area contributed by atoms with Gasteiger partial charge in [-0.05, 0) is 18.6 Å². The summed E-state index contributed by atoms with van der Waals surface area (Å²) in [5.74, 6) is -0.912. The van der Waals surface area contributed by atoms with Gasteiger partial charge in [-0.15, -0.1) is 0 Å². The molecule has 104 valence electrons. The monoisotopic (exact) mass is 264 g/mol. The number of hydrogen-bond acceptors (Lipinski definition) is 3. The third kappa shape index (κ3) is 4.62. The van der Waals surface area contributed by atoms with Crippen molar-refractivity contribution < 1.29 is 14.7 Å². The largest absolute Gasteiger partial charge is 0.481 e. The minimum absolute atomic E-state index is 0.00897. The maximum atomic E-state index is 11.8. The number of rotatable bonds is 6. The molecule has 1 aromatic carbocycles. The van der Waals surface area contributed by atoms with E-state index in [1.165, 1.54) is 4.90 Å². The number of likely N-dealkylation sites (N-methyl/N-ethyl adjacent to an activating group) is 1. The number of carboxylic acids is 1. The van der Waals surface area contributed by atoms with Crippen molar-refractivity contribution in [2.45, 2.75) is 13.3 Å². The number of nitrogens with zero attached hydrogens (tertiary/aromatic N) is 2. The van der Waals surface area contributed by atoms with Crippen molar-refractivity contribution >= 4 is 17.6 Å². The van der Waals surface area contributed by atoms with Crippen molar-refractivity contribution in [3.05, 3.63) is 29.8 Å². The van der Waals surface area contributed by atoms with Crippen molar-refractivity contribution in [1.82, 2.24) is 4.90 Å². The molecule has 0 spiro atoms. The highest BCUT2D eigenvalue weighted by Crippen LogP contribution is 2.19. The molecule has 1 N–H and O–H groups in total. The first-order valence-corrected chi connectivity index (χ1v) is 6.14. The van der Waals surface area contributed by atoms with Crippen LogP contribution in [-0.2, 0) is 9.59 Å². The molecule has 0 fully saturated rings. The van der Waals surface area contributed by atoms with Crippen molar-refractivity contribution in [3.63, 3.8) is 0 Å². The molecule has 1 amide bonds. The first-order chi connectivity index (χ1) is 8.91. The lowest BCUT2D eigenvalue weighted by molar-refractivity contribution is -0.137. The molecule has 0 aliphatic carbocycles. The molecule has 0 aliphatic heterocycles. The van der Waals surface area contributed by atoms with E-state index in [1.54, 1.807) is 14.1 Å². The maximum absolute atomic E-state index is 11.8. The first kappa shape index (κ1) is 15.0. The van der Waals surface area contributed by atoms with E-state index in [-0.39, 0.29) is 18.9 Å². The van der Waals surface area contributed by atoms with Gasteiger partial charge in [-0.1, -0.05) is 18.2 Å². The molecule has 0 bridgehead atoms. The molecule has 1 aromatic rings. The van der Waals surface area contributed by atoms with Crippen LogP contribution in [0.3, 0.4) is 0 Å². The molecule has 5 heteroatoms. The van der Waals surface area contributed by atoms with Crippen molar-refractivity contribution in [3.8, 4) is 0 Å². The second-order valence-corrected chi connectivity index (χ2v) is 4.64. The minimum Gasteiger partial charge on any atom is -0.481 e. The molecule has 0 saturated carbocycles. The highest BCUT2D eigenvalue weighted by atomic mass is 16.4. The van der Waals surface area contributed by atoms with Gasteiger partial charge in [0, 0.05) is 26.3 Å². The number of carbonyl (C=O) groups excluding carboxylic acids is 1. The van der Waals surface area contributed by atoms with E-state index in [2.05, 4.69) is 0 Å². The average Bonchev–Trinajstić information content (AvgIpc) is 2.34. The van der Waals surface area contributed by atoms with E-state index in [4.69, 9.17) is 5.11 Å². The Bertz CT molecular complexity index is 458. The molecule has 0 atom stereocenters. The van der Waals surface area contributed by atoms with Crippen molar-refractivity contribution in [2.75, 3.05) is 32.1 Å². The number of aryl methyl sites for hydroxylation is 1. The third-order valence-corrected chi connectivity index (χ3v) is 2.88. The number of benzene rings is 1. The van der Waals surface area contributed by atoms with E-state index in [0.717, 1.165) is 11.3 Å². The lowest BCUT2D eigenvalue weighted by Crippen LogP contribution is -2.38. The Labute approximate surface area is 113 Å². The predicted molar refractivity (Wildman–Crippen MR) is 74.3 cm³/mol. The summed E-state index contributed by atoms with van der Waals surface area (Å²) >= 11 is 0. The molecule has 0 aliphatic rings. The van der Waals surface area contributed by atoms with Crippen LogP contribution in [0.2, 0.25) is 0 Å². The van der Waals surface area contributed by atoms with Gasteiger partial charge in [-0.2, -0.15) is 0 Å². The minimum atomic E-state index is -0.865. The van der Waals surface area contributed by atoms with Gasteiger partial charge in [0.25, 0.3) is 0 Å². The topological polar surface area (TPSA) is 60.9 Å². The molecular weight excluding hydrogens is 244 g/mol. The van der Waals surface area contributed by atoms with E-state index in [9.17, 15) is 9.59 Å². The maximum Gasteiger partial charge on any atom is 0.305 e. The average molecular weight is 264 g/mol. The Kier molecular flexibility index (Phi) is 5.36. The lowest BCUT2D eigenvalue weighted by atomic mass is 10.1. The van der Waals surface area contributed by atoms with E-state index < -0.39 is 5.97 Å². The Morgan fingerprint density at radius 2 is 1.84 bits per heavy atom. The molecule has 19 heavy (non-hydrogen) atoms. The highest BCUT2D eigenvalue weighted by Gasteiger charge is 2.15. The zero-order valence-corrected chi connectivity index (χ0v) is 11.6. The summed E-state index contributed by atoms with van der Waals surface area (Å²) in [7, 11) is 3.38. The summed E-state index contributed by atoms with van der Waals surface area (Å²) in [4.78, 5) is 25.9. The SMILES string of the molecule is Cc1ccccc1N(CCC(=O)O)CC(=O)N(C)C. The second kappa shape index (κ2) is 6.78. The number of amides is 1. The summed E-state index contributed by atoms with van der Waals surface area (Å²) in [5.41, 5.74) is 1.93. The number of hydrogen-bond donors (Lipinski definition) is 1. The fourth-order valence-corrected chi connectivity index (χ4v) is 1.74. The predicted octanol–water partition coefficient (Wildman–Crippen LogP) is 1.36. The van der Waals surface area contributed by atoms with Gasteiger partial charge in [0.2, 0.25) is 5.91 Å². The normalized spacial score (nSPS) is 10.1. The fourth-order valence-electron chi connectivity index (χ4n) is 1.74. The van der Waals surface area contributed by atoms with Crippen LogP contribution in [0.5, 0.6) is 0 Å². The zero-order chi connectivity index (χ0) is 14.4. The number of anilines is 1. The van der Waals surface area contributed by atoms with Gasteiger partial charge in [-0.25, -0.2) is 0 Å². The van der Waals surface area contributed by atoms with Gasteiger partial charge in [-0.3, -0.25) is 9.59 Å². The van der Waals surface area contributed by atoms with E-state index in [0.29, 0.717) is 6.54 Å². The molecule has 0 aromatic heterocycles. The van der Waals surface area contributed by atoms with Gasteiger partial charge in [0.15, 0.2) is 0 Å². The number of aliphatic carboxylic acids is 1. The number of carboxylic acid groups (broad SMARTS) is 1. The Balaban J connectivity index is 2.89. The Hall–Kier alpha value is -2.04. The van der Waals surface area contributed by atoms with Crippen LogP contribution >= 0.6 is 0 Å². The summed E-state index contributed by atoms with van der Waals surface area (Å²) in [6.45, 7) is 2.45. The van der Waals surface area contributed by atoms with Gasteiger partial charge in [0.1, 0.15) is 0 Å². The molecule has 0 unspecified atom stereocenters. The van der Waals surface area contributed by atoms with E-state index >= 15 is 0 Å². The molecule has 0 radical (unpaired) electrons. The number of carbonyl (C=O) groups is 2. The van der Waals surface area contributed by atoms with E-state index in [1.807, 2.05) is 36.1 Å². The highest BCUT2D eigenvalue weighted by molar-refractivity contribution is 5.81. The zero-order valence-electron chi connectivity index (χ0n) is 11.6. The second-order valence-electron chi connectivity index (χ2n) is 4.64. The van der Waals surface area contributed by atoms with Crippen LogP contribution in [0, 0.1) is 6.92 Å². The standard InChI is InChI=1S/C14H20N2O3/c1-11-6-4-5-7-12(11)16(9-8-14(18)19)10-13(17)15(2)3/h4-7H,8-10H2,1-3H3,(H,18,19). The molecule has 5 nitrogen and oxygen atoms in total. The fraction of sp³-hybridized carbons (Fsp3) is 0.429. The van der Waals surface area contributed by atoms with Crippen LogP contribution < -0.4 is 4.90 Å². The van der Waals surface area contributed by atoms with Crippen LogP contribution in [0.4, 0.5) is 5.69 Å². The Morgan fingerprint density at radius 3 is 2.37 bits per heavy atom. The Morgan fingerprint density at radius 1 is 1.21 bits per heavy atom. The van der Waals surface area contributed by atoms with Gasteiger partial charge >= 0.3 is 5.97 Å². The molecule has 1 rings (SSSR count). The van der Waals surface area contributed by atoms with Crippen LogP contribution in [-0.4, -0.2) is 49.1 Å². The first-order valence-electron chi connectivity index (χ1n) is 6.14. The van der Waals surface area contributed by atoms with Gasteiger partial charge < -0.3 is 14.9 Å².